The number of carbonyl (C=O) groups is 1. The van der Waals surface area contributed by atoms with Gasteiger partial charge in [-0.25, -0.2) is 13.2 Å². The Hall–Kier alpha value is -1.38. The van der Waals surface area contributed by atoms with Crippen molar-refractivity contribution in [1.82, 2.24) is 8.87 Å². The van der Waals surface area contributed by atoms with Crippen LogP contribution < -0.4 is 0 Å². The number of nitrogens with zero attached hydrogens (tertiary/aromatic N) is 2. The lowest BCUT2D eigenvalue weighted by Gasteiger charge is -2.36. The summed E-state index contributed by atoms with van der Waals surface area (Å²) in [6.45, 7) is 0.708. The molecule has 8 heteroatoms. The Balaban J connectivity index is 1.96. The number of sulfonamides is 1. The minimum atomic E-state index is -3.68. The molecule has 1 aromatic rings. The molecule has 2 heterocycles. The summed E-state index contributed by atoms with van der Waals surface area (Å²) < 4.78 is 34.0. The van der Waals surface area contributed by atoms with Crippen LogP contribution in [0.25, 0.3) is 0 Å². The van der Waals surface area contributed by atoms with Crippen molar-refractivity contribution in [3.63, 3.8) is 0 Å². The minimum Gasteiger partial charge on any atom is -0.477 e. The van der Waals surface area contributed by atoms with Gasteiger partial charge in [0, 0.05) is 19.8 Å². The van der Waals surface area contributed by atoms with Crippen molar-refractivity contribution in [1.29, 1.82) is 0 Å². The summed E-state index contributed by atoms with van der Waals surface area (Å²) in [7, 11) is -2.15. The van der Waals surface area contributed by atoms with Gasteiger partial charge in [-0.2, -0.15) is 4.31 Å². The number of carboxylic acid groups (broad SMARTS) is 1. The van der Waals surface area contributed by atoms with Crippen LogP contribution in [0.4, 0.5) is 0 Å². The Bertz CT molecular complexity index is 666. The molecule has 21 heavy (non-hydrogen) atoms. The lowest BCUT2D eigenvalue weighted by atomic mass is 10.2. The first-order chi connectivity index (χ1) is 9.91. The minimum absolute atomic E-state index is 0.0313. The van der Waals surface area contributed by atoms with Crippen LogP contribution in [0.5, 0.6) is 0 Å². The first-order valence-electron chi connectivity index (χ1n) is 6.94. The molecule has 2 unspecified atom stereocenters. The molecule has 2 aliphatic rings. The van der Waals surface area contributed by atoms with Gasteiger partial charge in [-0.1, -0.05) is 0 Å². The molecule has 1 saturated carbocycles. The second-order valence-electron chi connectivity index (χ2n) is 5.50. The highest BCUT2D eigenvalue weighted by Crippen LogP contribution is 2.33. The van der Waals surface area contributed by atoms with E-state index in [9.17, 15) is 13.2 Å². The Morgan fingerprint density at radius 2 is 2.19 bits per heavy atom. The van der Waals surface area contributed by atoms with Gasteiger partial charge in [0.05, 0.1) is 18.8 Å². The van der Waals surface area contributed by atoms with Crippen LogP contribution >= 0.6 is 0 Å². The molecule has 3 rings (SSSR count). The van der Waals surface area contributed by atoms with Crippen molar-refractivity contribution in [3.05, 3.63) is 18.0 Å². The summed E-state index contributed by atoms with van der Waals surface area (Å²) in [4.78, 5) is 11.1. The number of carboxylic acids is 1. The van der Waals surface area contributed by atoms with E-state index in [-0.39, 0.29) is 22.7 Å². The zero-order valence-electron chi connectivity index (χ0n) is 11.7. The lowest BCUT2D eigenvalue weighted by molar-refractivity contribution is -0.0241. The smallest absolute Gasteiger partial charge is 0.352 e. The molecule has 2 fully saturated rings. The zero-order chi connectivity index (χ0) is 15.2. The molecule has 2 atom stereocenters. The van der Waals surface area contributed by atoms with E-state index in [1.165, 1.54) is 28.2 Å². The van der Waals surface area contributed by atoms with Gasteiger partial charge in [0.15, 0.2) is 0 Å². The number of morpholine rings is 1. The molecule has 1 aliphatic heterocycles. The number of rotatable bonds is 3. The van der Waals surface area contributed by atoms with E-state index < -0.39 is 16.0 Å². The van der Waals surface area contributed by atoms with Gasteiger partial charge in [-0.15, -0.1) is 0 Å². The number of aromatic carboxylic acids is 1. The summed E-state index contributed by atoms with van der Waals surface area (Å²) in [5.74, 6) is -1.14. The third-order valence-corrected chi connectivity index (χ3v) is 6.13. The third-order valence-electron chi connectivity index (χ3n) is 4.24. The molecule has 1 saturated heterocycles. The molecule has 7 nitrogen and oxygen atoms in total. The highest BCUT2D eigenvalue weighted by molar-refractivity contribution is 7.89. The zero-order valence-corrected chi connectivity index (χ0v) is 12.5. The van der Waals surface area contributed by atoms with Gasteiger partial charge < -0.3 is 14.4 Å². The molecule has 0 aromatic carbocycles. The molecule has 1 N–H and O–H groups in total. The number of fused-ring (bicyclic) bond motifs is 1. The van der Waals surface area contributed by atoms with Gasteiger partial charge in [-0.05, 0) is 25.3 Å². The normalized spacial score (nSPS) is 26.7. The fourth-order valence-electron chi connectivity index (χ4n) is 3.21. The average Bonchev–Trinajstić information content (AvgIpc) is 3.03. The van der Waals surface area contributed by atoms with Crippen molar-refractivity contribution >= 4 is 16.0 Å². The second kappa shape index (κ2) is 5.11. The molecular weight excluding hydrogens is 296 g/mol. The van der Waals surface area contributed by atoms with Crippen LogP contribution in [0.3, 0.4) is 0 Å². The largest absolute Gasteiger partial charge is 0.477 e. The Kier molecular flexibility index (Phi) is 3.54. The van der Waals surface area contributed by atoms with Crippen LogP contribution in [0.1, 0.15) is 29.8 Å². The molecule has 0 amide bonds. The predicted octanol–water partition coefficient (Wildman–Crippen LogP) is 0.665. The summed E-state index contributed by atoms with van der Waals surface area (Å²) in [6, 6.07) is 1.09. The number of hydrogen-bond donors (Lipinski definition) is 1. The quantitative estimate of drug-likeness (QED) is 0.885. The Morgan fingerprint density at radius 1 is 1.43 bits per heavy atom. The maximum absolute atomic E-state index is 12.8. The highest BCUT2D eigenvalue weighted by atomic mass is 32.2. The topological polar surface area (TPSA) is 88.8 Å². The number of aryl methyl sites for hydroxylation is 1. The van der Waals surface area contributed by atoms with E-state index in [1.54, 1.807) is 0 Å². The monoisotopic (exact) mass is 314 g/mol. The lowest BCUT2D eigenvalue weighted by Crippen LogP contribution is -2.51. The molecule has 116 valence electrons. The number of hydrogen-bond acceptors (Lipinski definition) is 4. The van der Waals surface area contributed by atoms with Gasteiger partial charge >= 0.3 is 5.97 Å². The summed E-state index contributed by atoms with van der Waals surface area (Å²) in [5.41, 5.74) is -0.0372. The molecule has 0 bridgehead atoms. The van der Waals surface area contributed by atoms with Crippen molar-refractivity contribution in [2.24, 2.45) is 7.05 Å². The van der Waals surface area contributed by atoms with E-state index in [0.29, 0.717) is 13.2 Å². The maximum atomic E-state index is 12.8. The molecule has 0 radical (unpaired) electrons. The van der Waals surface area contributed by atoms with Gasteiger partial charge in [0.2, 0.25) is 10.0 Å². The highest BCUT2D eigenvalue weighted by Gasteiger charge is 2.42. The predicted molar refractivity (Wildman–Crippen MR) is 73.6 cm³/mol. The third kappa shape index (κ3) is 2.37. The number of ether oxygens (including phenoxy) is 1. The summed E-state index contributed by atoms with van der Waals surface area (Å²) >= 11 is 0. The maximum Gasteiger partial charge on any atom is 0.352 e. The van der Waals surface area contributed by atoms with E-state index in [4.69, 9.17) is 9.84 Å². The fourth-order valence-corrected chi connectivity index (χ4v) is 4.95. The summed E-state index contributed by atoms with van der Waals surface area (Å²) in [5, 5.41) is 9.06. The van der Waals surface area contributed by atoms with Crippen LogP contribution in [-0.4, -0.2) is 53.7 Å². The van der Waals surface area contributed by atoms with E-state index in [2.05, 4.69) is 0 Å². The number of aromatic nitrogens is 1. The molecule has 1 aromatic heterocycles. The first-order valence-corrected chi connectivity index (χ1v) is 8.38. The van der Waals surface area contributed by atoms with Crippen molar-refractivity contribution < 1.29 is 23.1 Å². The van der Waals surface area contributed by atoms with Gasteiger partial charge in [-0.3, -0.25) is 0 Å². The Labute approximate surface area is 123 Å². The standard InChI is InChI=1S/C13H18N2O5S/c1-14-8-9(7-11(14)13(16)17)21(18,19)15-5-6-20-12-4-2-3-10(12)15/h7-8,10,12H,2-6H2,1H3,(H,16,17). The van der Waals surface area contributed by atoms with Crippen LogP contribution in [0.15, 0.2) is 17.2 Å². The Morgan fingerprint density at radius 3 is 2.86 bits per heavy atom. The van der Waals surface area contributed by atoms with E-state index >= 15 is 0 Å². The first kappa shape index (κ1) is 14.6. The van der Waals surface area contributed by atoms with Crippen molar-refractivity contribution in [3.8, 4) is 0 Å². The summed E-state index contributed by atoms with van der Waals surface area (Å²) in [6.07, 6.45) is 3.96. The SMILES string of the molecule is Cn1cc(S(=O)(=O)N2CCOC3CCCC32)cc1C(=O)O. The van der Waals surface area contributed by atoms with Crippen molar-refractivity contribution in [2.45, 2.75) is 36.3 Å². The second-order valence-corrected chi connectivity index (χ2v) is 7.39. The van der Waals surface area contributed by atoms with Crippen LogP contribution in [-0.2, 0) is 21.8 Å². The average molecular weight is 314 g/mol. The van der Waals surface area contributed by atoms with Crippen molar-refractivity contribution in [2.75, 3.05) is 13.2 Å². The molecule has 0 spiro atoms. The van der Waals surface area contributed by atoms with Crippen LogP contribution in [0.2, 0.25) is 0 Å². The van der Waals surface area contributed by atoms with Gasteiger partial charge in [0.25, 0.3) is 0 Å². The van der Waals surface area contributed by atoms with Crippen LogP contribution in [0, 0.1) is 0 Å². The van der Waals surface area contributed by atoms with E-state index in [0.717, 1.165) is 19.3 Å². The van der Waals surface area contributed by atoms with E-state index in [1.807, 2.05) is 0 Å². The molecular formula is C13H18N2O5S. The van der Waals surface area contributed by atoms with Gasteiger partial charge in [0.1, 0.15) is 10.6 Å². The molecule has 1 aliphatic carbocycles. The fraction of sp³-hybridized carbons (Fsp3) is 0.615.